The normalized spacial score (nSPS) is 12.0. The summed E-state index contributed by atoms with van der Waals surface area (Å²) in [4.78, 5) is 20.4. The lowest BCUT2D eigenvalue weighted by Gasteiger charge is -2.17. The molecule has 0 aliphatic rings. The first-order chi connectivity index (χ1) is 7.41. The number of fused-ring (bicyclic) bond motifs is 1. The standard InChI is InChI=1S/C12H15N3O/c1-8(16)15-10-9(6-5-7-13-10)14-11(15)12(2,3)4/h5-7H,1-4H3. The molecule has 0 spiro atoms. The second kappa shape index (κ2) is 3.40. The van der Waals surface area contributed by atoms with E-state index >= 15 is 0 Å². The molecule has 0 aliphatic heterocycles. The number of hydrogen-bond acceptors (Lipinski definition) is 3. The smallest absolute Gasteiger partial charge is 0.230 e. The number of aromatic nitrogens is 3. The van der Waals surface area contributed by atoms with Gasteiger partial charge in [-0.2, -0.15) is 0 Å². The first kappa shape index (κ1) is 10.8. The van der Waals surface area contributed by atoms with Gasteiger partial charge in [0.15, 0.2) is 5.65 Å². The molecule has 0 amide bonds. The van der Waals surface area contributed by atoms with E-state index in [1.165, 1.54) is 6.92 Å². The maximum atomic E-state index is 11.7. The largest absolute Gasteiger partial charge is 0.274 e. The minimum atomic E-state index is -0.174. The van der Waals surface area contributed by atoms with Gasteiger partial charge < -0.3 is 0 Å². The molecule has 0 radical (unpaired) electrons. The van der Waals surface area contributed by atoms with Crippen molar-refractivity contribution in [3.05, 3.63) is 24.2 Å². The maximum absolute atomic E-state index is 11.7. The fraction of sp³-hybridized carbons (Fsp3) is 0.417. The van der Waals surface area contributed by atoms with Crippen LogP contribution >= 0.6 is 0 Å². The number of carbonyl (C=O) groups excluding carboxylic acids is 1. The predicted molar refractivity (Wildman–Crippen MR) is 62.5 cm³/mol. The maximum Gasteiger partial charge on any atom is 0.230 e. The molecule has 0 saturated heterocycles. The van der Waals surface area contributed by atoms with E-state index in [9.17, 15) is 4.79 Å². The van der Waals surface area contributed by atoms with Crippen molar-refractivity contribution in [2.24, 2.45) is 0 Å². The zero-order chi connectivity index (χ0) is 11.9. The monoisotopic (exact) mass is 217 g/mol. The van der Waals surface area contributed by atoms with Crippen LogP contribution in [0.3, 0.4) is 0 Å². The number of rotatable bonds is 0. The third kappa shape index (κ3) is 1.60. The lowest BCUT2D eigenvalue weighted by atomic mass is 9.96. The summed E-state index contributed by atoms with van der Waals surface area (Å²) >= 11 is 0. The fourth-order valence-electron chi connectivity index (χ4n) is 1.71. The Bertz CT molecular complexity index is 549. The van der Waals surface area contributed by atoms with E-state index in [-0.39, 0.29) is 11.3 Å². The van der Waals surface area contributed by atoms with Crippen molar-refractivity contribution < 1.29 is 4.79 Å². The quantitative estimate of drug-likeness (QED) is 0.680. The Hall–Kier alpha value is -1.71. The number of nitrogens with zero attached hydrogens (tertiary/aromatic N) is 3. The van der Waals surface area contributed by atoms with Gasteiger partial charge in [-0.15, -0.1) is 0 Å². The second-order valence-corrected chi connectivity index (χ2v) is 4.89. The van der Waals surface area contributed by atoms with Gasteiger partial charge in [0, 0.05) is 18.5 Å². The van der Waals surface area contributed by atoms with Gasteiger partial charge in [-0.05, 0) is 12.1 Å². The molecule has 0 bridgehead atoms. The minimum Gasteiger partial charge on any atom is -0.274 e. The van der Waals surface area contributed by atoms with Crippen molar-refractivity contribution in [1.82, 2.24) is 14.5 Å². The van der Waals surface area contributed by atoms with Gasteiger partial charge in [0.1, 0.15) is 11.3 Å². The lowest BCUT2D eigenvalue weighted by molar-refractivity contribution is 0.0933. The molecule has 2 rings (SSSR count). The summed E-state index contributed by atoms with van der Waals surface area (Å²) in [7, 11) is 0. The highest BCUT2D eigenvalue weighted by molar-refractivity contribution is 5.87. The Morgan fingerprint density at radius 2 is 2.06 bits per heavy atom. The first-order valence-corrected chi connectivity index (χ1v) is 5.26. The Kier molecular flexibility index (Phi) is 2.30. The lowest BCUT2D eigenvalue weighted by Crippen LogP contribution is -2.22. The molecule has 0 N–H and O–H groups in total. The molecule has 84 valence electrons. The first-order valence-electron chi connectivity index (χ1n) is 5.26. The summed E-state index contributed by atoms with van der Waals surface area (Å²) < 4.78 is 1.59. The topological polar surface area (TPSA) is 47.8 Å². The van der Waals surface area contributed by atoms with Gasteiger partial charge >= 0.3 is 0 Å². The molecule has 2 aromatic rings. The van der Waals surface area contributed by atoms with Crippen LogP contribution in [0.15, 0.2) is 18.3 Å². The molecule has 0 fully saturated rings. The molecule has 0 saturated carbocycles. The molecule has 2 aromatic heterocycles. The molecule has 0 aliphatic carbocycles. The van der Waals surface area contributed by atoms with E-state index in [4.69, 9.17) is 0 Å². The van der Waals surface area contributed by atoms with Crippen LogP contribution in [0.5, 0.6) is 0 Å². The fourth-order valence-corrected chi connectivity index (χ4v) is 1.71. The summed E-state index contributed by atoms with van der Waals surface area (Å²) in [6.45, 7) is 7.64. The average molecular weight is 217 g/mol. The van der Waals surface area contributed by atoms with Crippen LogP contribution < -0.4 is 0 Å². The van der Waals surface area contributed by atoms with Crippen LogP contribution in [0.2, 0.25) is 0 Å². The molecule has 0 unspecified atom stereocenters. The van der Waals surface area contributed by atoms with Gasteiger partial charge in [0.2, 0.25) is 5.91 Å². The molecular weight excluding hydrogens is 202 g/mol. The van der Waals surface area contributed by atoms with E-state index < -0.39 is 0 Å². The molecule has 4 nitrogen and oxygen atoms in total. The highest BCUT2D eigenvalue weighted by Gasteiger charge is 2.24. The van der Waals surface area contributed by atoms with Crippen LogP contribution in [0.25, 0.3) is 11.2 Å². The number of hydrogen-bond donors (Lipinski definition) is 0. The predicted octanol–water partition coefficient (Wildman–Crippen LogP) is 2.39. The van der Waals surface area contributed by atoms with E-state index in [2.05, 4.69) is 9.97 Å². The van der Waals surface area contributed by atoms with Crippen molar-refractivity contribution in [3.8, 4) is 0 Å². The summed E-state index contributed by atoms with van der Waals surface area (Å²) in [5.41, 5.74) is 1.23. The van der Waals surface area contributed by atoms with Crippen molar-refractivity contribution in [2.45, 2.75) is 33.1 Å². The molecule has 0 atom stereocenters. The molecule has 4 heteroatoms. The Labute approximate surface area is 94.3 Å². The SMILES string of the molecule is CC(=O)n1c(C(C)(C)C)nc2cccnc21. The molecule has 0 aromatic carbocycles. The molecular formula is C12H15N3O. The number of imidazole rings is 1. The van der Waals surface area contributed by atoms with Crippen LogP contribution in [-0.2, 0) is 5.41 Å². The van der Waals surface area contributed by atoms with Gasteiger partial charge in [-0.1, -0.05) is 20.8 Å². The summed E-state index contributed by atoms with van der Waals surface area (Å²) in [6, 6.07) is 3.70. The highest BCUT2D eigenvalue weighted by Crippen LogP contribution is 2.24. The van der Waals surface area contributed by atoms with Crippen molar-refractivity contribution in [3.63, 3.8) is 0 Å². The average Bonchev–Trinajstić information content (AvgIpc) is 2.55. The van der Waals surface area contributed by atoms with Crippen LogP contribution in [-0.4, -0.2) is 20.4 Å². The van der Waals surface area contributed by atoms with Crippen molar-refractivity contribution >= 4 is 17.1 Å². The van der Waals surface area contributed by atoms with Gasteiger partial charge in [-0.3, -0.25) is 4.79 Å². The number of carbonyl (C=O) groups is 1. The zero-order valence-corrected chi connectivity index (χ0v) is 9.98. The minimum absolute atomic E-state index is 0.0499. The molecule has 2 heterocycles. The third-order valence-electron chi connectivity index (χ3n) is 2.40. The summed E-state index contributed by atoms with van der Waals surface area (Å²) in [6.07, 6.45) is 1.68. The van der Waals surface area contributed by atoms with Crippen LogP contribution in [0, 0.1) is 0 Å². The highest BCUT2D eigenvalue weighted by atomic mass is 16.1. The Balaban J connectivity index is 2.84. The van der Waals surface area contributed by atoms with E-state index in [1.54, 1.807) is 10.8 Å². The summed E-state index contributed by atoms with van der Waals surface area (Å²) in [5, 5.41) is 0. The molecule has 16 heavy (non-hydrogen) atoms. The Morgan fingerprint density at radius 1 is 1.38 bits per heavy atom. The van der Waals surface area contributed by atoms with Crippen molar-refractivity contribution in [1.29, 1.82) is 0 Å². The van der Waals surface area contributed by atoms with Gasteiger partial charge in [0.25, 0.3) is 0 Å². The van der Waals surface area contributed by atoms with E-state index in [0.29, 0.717) is 5.65 Å². The van der Waals surface area contributed by atoms with E-state index in [1.807, 2.05) is 32.9 Å². The van der Waals surface area contributed by atoms with Gasteiger partial charge in [-0.25, -0.2) is 14.5 Å². The van der Waals surface area contributed by atoms with Gasteiger partial charge in [0.05, 0.1) is 0 Å². The third-order valence-corrected chi connectivity index (χ3v) is 2.40. The van der Waals surface area contributed by atoms with Crippen LogP contribution in [0.1, 0.15) is 38.3 Å². The zero-order valence-electron chi connectivity index (χ0n) is 9.98. The van der Waals surface area contributed by atoms with Crippen molar-refractivity contribution in [2.75, 3.05) is 0 Å². The second-order valence-electron chi connectivity index (χ2n) is 4.89. The Morgan fingerprint density at radius 3 is 2.62 bits per heavy atom. The summed E-state index contributed by atoms with van der Waals surface area (Å²) in [5.74, 6) is 0.708. The van der Waals surface area contributed by atoms with Crippen LogP contribution in [0.4, 0.5) is 0 Å². The number of pyridine rings is 1. The van der Waals surface area contributed by atoms with E-state index in [0.717, 1.165) is 11.3 Å².